The molecule has 0 aromatic heterocycles. The molecule has 1 aromatic carbocycles. The smallest absolute Gasteiger partial charge is 0.241 e. The van der Waals surface area contributed by atoms with E-state index in [1.807, 2.05) is 18.2 Å². The van der Waals surface area contributed by atoms with Gasteiger partial charge in [0, 0.05) is 6.54 Å². The van der Waals surface area contributed by atoms with Crippen LogP contribution in [-0.4, -0.2) is 23.7 Å². The van der Waals surface area contributed by atoms with E-state index in [9.17, 15) is 4.79 Å². The summed E-state index contributed by atoms with van der Waals surface area (Å²) in [6.07, 6.45) is -0.558. The highest BCUT2D eigenvalue weighted by molar-refractivity contribution is 5.82. The van der Waals surface area contributed by atoms with Crippen LogP contribution >= 0.6 is 0 Å². The first kappa shape index (κ1) is 11.7. The zero-order valence-corrected chi connectivity index (χ0v) is 8.68. The van der Waals surface area contributed by atoms with E-state index in [1.54, 1.807) is 19.1 Å². The van der Waals surface area contributed by atoms with Crippen molar-refractivity contribution in [3.63, 3.8) is 0 Å². The number of carbonyl (C=O) groups excluding carboxylic acids is 1. The van der Waals surface area contributed by atoms with Gasteiger partial charge in [0.05, 0.1) is 6.10 Å². The number of aliphatic hydroxyl groups is 1. The molecule has 1 rings (SSSR count). The predicted octanol–water partition coefficient (Wildman–Crippen LogP) is 0.183. The summed E-state index contributed by atoms with van der Waals surface area (Å²) in [5.41, 5.74) is 6.50. The summed E-state index contributed by atoms with van der Waals surface area (Å²) < 4.78 is 0. The second-order valence-electron chi connectivity index (χ2n) is 3.48. The molecule has 0 spiro atoms. The van der Waals surface area contributed by atoms with Gasteiger partial charge in [-0.25, -0.2) is 0 Å². The Balaban J connectivity index is 2.54. The van der Waals surface area contributed by atoms with E-state index >= 15 is 0 Å². The van der Waals surface area contributed by atoms with E-state index in [4.69, 9.17) is 10.8 Å². The van der Waals surface area contributed by atoms with Crippen molar-refractivity contribution in [2.24, 2.45) is 5.73 Å². The molecule has 1 amide bonds. The molecule has 0 saturated heterocycles. The fourth-order valence-electron chi connectivity index (χ4n) is 1.17. The quantitative estimate of drug-likeness (QED) is 0.661. The van der Waals surface area contributed by atoms with Gasteiger partial charge in [-0.1, -0.05) is 30.3 Å². The number of benzene rings is 1. The summed E-state index contributed by atoms with van der Waals surface area (Å²) in [6.45, 7) is 1.83. The normalized spacial score (nSPS) is 14.3. The Morgan fingerprint density at radius 2 is 2.07 bits per heavy atom. The lowest BCUT2D eigenvalue weighted by Crippen LogP contribution is -2.37. The van der Waals surface area contributed by atoms with Gasteiger partial charge in [-0.3, -0.25) is 4.79 Å². The Hall–Kier alpha value is -1.39. The Bertz CT molecular complexity index is 312. The van der Waals surface area contributed by atoms with Crippen molar-refractivity contribution in [3.8, 4) is 0 Å². The average Bonchev–Trinajstić information content (AvgIpc) is 2.26. The third-order valence-electron chi connectivity index (χ3n) is 2.01. The van der Waals surface area contributed by atoms with E-state index in [1.165, 1.54) is 0 Å². The molecule has 4 nitrogen and oxygen atoms in total. The van der Waals surface area contributed by atoms with Crippen molar-refractivity contribution in [2.75, 3.05) is 6.54 Å². The minimum atomic E-state index is -0.676. The lowest BCUT2D eigenvalue weighted by molar-refractivity contribution is -0.122. The van der Waals surface area contributed by atoms with Gasteiger partial charge < -0.3 is 16.2 Å². The van der Waals surface area contributed by atoms with Crippen LogP contribution < -0.4 is 11.1 Å². The van der Waals surface area contributed by atoms with Crippen LogP contribution in [0.15, 0.2) is 30.3 Å². The Morgan fingerprint density at radius 3 is 2.60 bits per heavy atom. The van der Waals surface area contributed by atoms with Crippen molar-refractivity contribution < 1.29 is 9.90 Å². The highest BCUT2D eigenvalue weighted by Crippen LogP contribution is 2.08. The fraction of sp³-hybridized carbons (Fsp3) is 0.364. The van der Waals surface area contributed by atoms with Crippen molar-refractivity contribution in [3.05, 3.63) is 35.9 Å². The van der Waals surface area contributed by atoms with Crippen LogP contribution in [0.25, 0.3) is 0 Å². The number of aliphatic hydroxyl groups excluding tert-OH is 1. The van der Waals surface area contributed by atoms with Gasteiger partial charge in [0.15, 0.2) is 0 Å². The average molecular weight is 208 g/mol. The first-order chi connectivity index (χ1) is 7.11. The van der Waals surface area contributed by atoms with Crippen molar-refractivity contribution in [1.82, 2.24) is 5.32 Å². The molecule has 0 radical (unpaired) electrons. The number of carbonyl (C=O) groups is 1. The van der Waals surface area contributed by atoms with E-state index < -0.39 is 12.1 Å². The molecule has 15 heavy (non-hydrogen) atoms. The minimum Gasteiger partial charge on any atom is -0.392 e. The molecule has 0 heterocycles. The second kappa shape index (κ2) is 5.48. The third kappa shape index (κ3) is 3.69. The Labute approximate surface area is 89.1 Å². The van der Waals surface area contributed by atoms with Gasteiger partial charge in [-0.05, 0) is 12.5 Å². The maximum Gasteiger partial charge on any atom is 0.241 e. The van der Waals surface area contributed by atoms with Crippen LogP contribution in [0, 0.1) is 0 Å². The zero-order chi connectivity index (χ0) is 11.3. The summed E-state index contributed by atoms with van der Waals surface area (Å²) in [5, 5.41) is 11.6. The van der Waals surface area contributed by atoms with E-state index in [0.29, 0.717) is 0 Å². The third-order valence-corrected chi connectivity index (χ3v) is 2.01. The van der Waals surface area contributed by atoms with Crippen LogP contribution in [0.4, 0.5) is 0 Å². The summed E-state index contributed by atoms with van der Waals surface area (Å²) in [7, 11) is 0. The fourth-order valence-corrected chi connectivity index (χ4v) is 1.17. The van der Waals surface area contributed by atoms with Crippen LogP contribution in [0.2, 0.25) is 0 Å². The molecule has 82 valence electrons. The summed E-state index contributed by atoms with van der Waals surface area (Å²) >= 11 is 0. The SMILES string of the molecule is C[C@@H](O)CNC(=O)[C@@H](N)c1ccccc1. The number of amides is 1. The number of hydrogen-bond donors (Lipinski definition) is 3. The second-order valence-corrected chi connectivity index (χ2v) is 3.48. The number of nitrogens with one attached hydrogen (secondary N) is 1. The van der Waals surface area contributed by atoms with Crippen molar-refractivity contribution >= 4 is 5.91 Å². The monoisotopic (exact) mass is 208 g/mol. The molecular formula is C11H16N2O2. The molecule has 2 atom stereocenters. The Morgan fingerprint density at radius 1 is 1.47 bits per heavy atom. The van der Waals surface area contributed by atoms with E-state index in [2.05, 4.69) is 5.32 Å². The van der Waals surface area contributed by atoms with Gasteiger partial charge in [0.25, 0.3) is 0 Å². The lowest BCUT2D eigenvalue weighted by atomic mass is 10.1. The lowest BCUT2D eigenvalue weighted by Gasteiger charge is -2.13. The van der Waals surface area contributed by atoms with Crippen LogP contribution in [0.5, 0.6) is 0 Å². The molecule has 0 aliphatic rings. The molecule has 0 aliphatic heterocycles. The van der Waals surface area contributed by atoms with Gasteiger partial charge in [0.1, 0.15) is 6.04 Å². The zero-order valence-electron chi connectivity index (χ0n) is 8.68. The first-order valence-electron chi connectivity index (χ1n) is 4.87. The molecule has 0 saturated carbocycles. The van der Waals surface area contributed by atoms with Crippen LogP contribution in [0.1, 0.15) is 18.5 Å². The van der Waals surface area contributed by atoms with E-state index in [0.717, 1.165) is 5.56 Å². The standard InChI is InChI=1S/C11H16N2O2/c1-8(14)7-13-11(15)10(12)9-5-3-2-4-6-9/h2-6,8,10,14H,7,12H2,1H3,(H,13,15)/t8-,10+/m1/s1. The Kier molecular flexibility index (Phi) is 4.27. The largest absolute Gasteiger partial charge is 0.392 e. The molecule has 0 unspecified atom stereocenters. The van der Waals surface area contributed by atoms with Gasteiger partial charge in [0.2, 0.25) is 5.91 Å². The number of hydrogen-bond acceptors (Lipinski definition) is 3. The molecule has 0 bridgehead atoms. The molecule has 4 N–H and O–H groups in total. The van der Waals surface area contributed by atoms with Gasteiger partial charge >= 0.3 is 0 Å². The highest BCUT2D eigenvalue weighted by atomic mass is 16.3. The number of nitrogens with two attached hydrogens (primary N) is 1. The van der Waals surface area contributed by atoms with Crippen LogP contribution in [0.3, 0.4) is 0 Å². The molecule has 0 fully saturated rings. The maximum atomic E-state index is 11.5. The summed E-state index contributed by atoms with van der Waals surface area (Å²) in [6, 6.07) is 8.45. The predicted molar refractivity (Wildman–Crippen MR) is 58.1 cm³/mol. The first-order valence-corrected chi connectivity index (χ1v) is 4.87. The van der Waals surface area contributed by atoms with Gasteiger partial charge in [-0.15, -0.1) is 0 Å². The van der Waals surface area contributed by atoms with Crippen molar-refractivity contribution in [1.29, 1.82) is 0 Å². The molecule has 4 heteroatoms. The number of rotatable bonds is 4. The minimum absolute atomic E-state index is 0.222. The summed E-state index contributed by atoms with van der Waals surface area (Å²) in [5.74, 6) is -0.276. The molecule has 1 aromatic rings. The molecule has 0 aliphatic carbocycles. The molecular weight excluding hydrogens is 192 g/mol. The van der Waals surface area contributed by atoms with E-state index in [-0.39, 0.29) is 12.5 Å². The maximum absolute atomic E-state index is 11.5. The van der Waals surface area contributed by atoms with Crippen LogP contribution in [-0.2, 0) is 4.79 Å². The van der Waals surface area contributed by atoms with Crippen molar-refractivity contribution in [2.45, 2.75) is 19.1 Å². The summed E-state index contributed by atoms with van der Waals surface area (Å²) in [4.78, 5) is 11.5. The topological polar surface area (TPSA) is 75.3 Å². The highest BCUT2D eigenvalue weighted by Gasteiger charge is 2.14. The van der Waals surface area contributed by atoms with Gasteiger partial charge in [-0.2, -0.15) is 0 Å².